The first-order chi connectivity index (χ1) is 6.65. The van der Waals surface area contributed by atoms with E-state index in [-0.39, 0.29) is 0 Å². The van der Waals surface area contributed by atoms with E-state index >= 15 is 0 Å². The molecule has 0 aliphatic carbocycles. The zero-order chi connectivity index (χ0) is 10.1. The smallest absolute Gasteiger partial charge is 0.137 e. The summed E-state index contributed by atoms with van der Waals surface area (Å²) >= 11 is 16.4. The van der Waals surface area contributed by atoms with Gasteiger partial charge in [0, 0.05) is 15.6 Å². The Kier molecular flexibility index (Phi) is 3.07. The summed E-state index contributed by atoms with van der Waals surface area (Å²) in [5.74, 6) is 0. The molecule has 2 rings (SSSR count). The lowest BCUT2D eigenvalue weighted by Crippen LogP contribution is -1.77. The fourth-order valence-electron chi connectivity index (χ4n) is 0.999. The van der Waals surface area contributed by atoms with Crippen LogP contribution in [0.3, 0.4) is 0 Å². The van der Waals surface area contributed by atoms with Crippen LogP contribution >= 0.6 is 50.5 Å². The summed E-state index contributed by atoms with van der Waals surface area (Å²) in [4.78, 5) is 0. The van der Waals surface area contributed by atoms with Crippen LogP contribution in [0.4, 0.5) is 0 Å². The highest BCUT2D eigenvalue weighted by atomic mass is 79.9. The van der Waals surface area contributed by atoms with Crippen molar-refractivity contribution in [2.45, 2.75) is 0 Å². The lowest BCUT2D eigenvalue weighted by molar-refractivity contribution is 1.08. The Hall–Kier alpha value is -0.160. The Morgan fingerprint density at radius 3 is 2.21 bits per heavy atom. The molecular formula is C8H3BrCl2N2S. The molecule has 0 fully saturated rings. The van der Waals surface area contributed by atoms with Crippen LogP contribution in [0.1, 0.15) is 0 Å². The van der Waals surface area contributed by atoms with Gasteiger partial charge in [-0.15, -0.1) is 10.2 Å². The van der Waals surface area contributed by atoms with E-state index < -0.39 is 0 Å². The summed E-state index contributed by atoms with van der Waals surface area (Å²) < 4.78 is 0.739. The molecule has 1 aromatic heterocycles. The lowest BCUT2D eigenvalue weighted by atomic mass is 10.2. The Morgan fingerprint density at radius 2 is 1.71 bits per heavy atom. The van der Waals surface area contributed by atoms with Crippen molar-refractivity contribution in [3.05, 3.63) is 32.2 Å². The summed E-state index contributed by atoms with van der Waals surface area (Å²) in [6, 6.07) is 5.30. The molecule has 2 aromatic rings. The molecule has 14 heavy (non-hydrogen) atoms. The summed E-state index contributed by atoms with van der Waals surface area (Å²) in [6.45, 7) is 0. The topological polar surface area (TPSA) is 25.8 Å². The van der Waals surface area contributed by atoms with E-state index in [0.717, 1.165) is 14.5 Å². The molecule has 0 unspecified atom stereocenters. The molecule has 0 bridgehead atoms. The van der Waals surface area contributed by atoms with Gasteiger partial charge < -0.3 is 0 Å². The summed E-state index contributed by atoms with van der Waals surface area (Å²) in [7, 11) is 0. The third-order valence-electron chi connectivity index (χ3n) is 1.51. The SMILES string of the molecule is Clc1cc(Cl)cc(-c2nnc(Br)s2)c1. The number of benzene rings is 1. The molecule has 0 saturated carbocycles. The minimum Gasteiger partial charge on any atom is -0.137 e. The minimum atomic E-state index is 0.596. The Balaban J connectivity index is 2.51. The van der Waals surface area contributed by atoms with Crippen LogP contribution in [-0.2, 0) is 0 Å². The average Bonchev–Trinajstić information content (AvgIpc) is 2.50. The van der Waals surface area contributed by atoms with Gasteiger partial charge in [0.05, 0.1) is 0 Å². The quantitative estimate of drug-likeness (QED) is 0.786. The first-order valence-electron chi connectivity index (χ1n) is 3.60. The van der Waals surface area contributed by atoms with E-state index in [1.165, 1.54) is 11.3 Å². The van der Waals surface area contributed by atoms with Crippen LogP contribution in [0.2, 0.25) is 10.0 Å². The second-order valence-corrected chi connectivity index (χ2v) is 5.64. The molecule has 0 aliphatic heterocycles. The van der Waals surface area contributed by atoms with Crippen molar-refractivity contribution in [1.82, 2.24) is 10.2 Å². The van der Waals surface area contributed by atoms with Gasteiger partial charge in [0.2, 0.25) is 0 Å². The van der Waals surface area contributed by atoms with Crippen molar-refractivity contribution in [3.63, 3.8) is 0 Å². The number of rotatable bonds is 1. The fraction of sp³-hybridized carbons (Fsp3) is 0. The van der Waals surface area contributed by atoms with Gasteiger partial charge in [-0.05, 0) is 34.1 Å². The number of aromatic nitrogens is 2. The zero-order valence-corrected chi connectivity index (χ0v) is 10.6. The van der Waals surface area contributed by atoms with Gasteiger partial charge >= 0.3 is 0 Å². The van der Waals surface area contributed by atoms with Crippen LogP contribution in [0.5, 0.6) is 0 Å². The number of hydrogen-bond donors (Lipinski definition) is 0. The molecule has 0 N–H and O–H groups in total. The van der Waals surface area contributed by atoms with Gasteiger partial charge in [0.25, 0.3) is 0 Å². The van der Waals surface area contributed by atoms with E-state index in [1.807, 2.05) is 0 Å². The molecule has 0 amide bonds. The van der Waals surface area contributed by atoms with Crippen LogP contribution in [0.25, 0.3) is 10.6 Å². The average molecular weight is 310 g/mol. The van der Waals surface area contributed by atoms with E-state index in [9.17, 15) is 0 Å². The Bertz CT molecular complexity index is 452. The first kappa shape index (κ1) is 10.4. The van der Waals surface area contributed by atoms with Gasteiger partial charge in [-0.1, -0.05) is 34.5 Å². The predicted octanol–water partition coefficient (Wildman–Crippen LogP) is 4.27. The van der Waals surface area contributed by atoms with Crippen LogP contribution < -0.4 is 0 Å². The van der Waals surface area contributed by atoms with Crippen molar-refractivity contribution in [3.8, 4) is 10.6 Å². The summed E-state index contributed by atoms with van der Waals surface area (Å²) in [5.41, 5.74) is 0.880. The van der Waals surface area contributed by atoms with Gasteiger partial charge in [0.1, 0.15) is 5.01 Å². The van der Waals surface area contributed by atoms with Gasteiger partial charge in [-0.25, -0.2) is 0 Å². The maximum absolute atomic E-state index is 5.87. The van der Waals surface area contributed by atoms with Crippen molar-refractivity contribution < 1.29 is 0 Å². The highest BCUT2D eigenvalue weighted by molar-refractivity contribution is 9.11. The summed E-state index contributed by atoms with van der Waals surface area (Å²) in [5, 5.41) is 9.81. The summed E-state index contributed by atoms with van der Waals surface area (Å²) in [6.07, 6.45) is 0. The Morgan fingerprint density at radius 1 is 1.07 bits per heavy atom. The second-order valence-electron chi connectivity index (χ2n) is 2.52. The molecule has 0 atom stereocenters. The van der Waals surface area contributed by atoms with E-state index in [2.05, 4.69) is 26.1 Å². The lowest BCUT2D eigenvalue weighted by Gasteiger charge is -1.97. The van der Waals surface area contributed by atoms with Crippen LogP contribution in [-0.4, -0.2) is 10.2 Å². The van der Waals surface area contributed by atoms with E-state index in [1.54, 1.807) is 18.2 Å². The van der Waals surface area contributed by atoms with Crippen molar-refractivity contribution >= 4 is 50.5 Å². The van der Waals surface area contributed by atoms with Crippen molar-refractivity contribution in [1.29, 1.82) is 0 Å². The standard InChI is InChI=1S/C8H3BrCl2N2S/c9-8-13-12-7(14-8)4-1-5(10)3-6(11)2-4/h1-3H. The molecule has 72 valence electrons. The molecule has 0 radical (unpaired) electrons. The molecule has 1 aromatic carbocycles. The minimum absolute atomic E-state index is 0.596. The number of hydrogen-bond acceptors (Lipinski definition) is 3. The van der Waals surface area contributed by atoms with Crippen molar-refractivity contribution in [2.75, 3.05) is 0 Å². The fourth-order valence-corrected chi connectivity index (χ4v) is 2.62. The molecule has 0 aliphatic rings. The third kappa shape index (κ3) is 2.25. The molecule has 6 heteroatoms. The maximum atomic E-state index is 5.87. The zero-order valence-electron chi connectivity index (χ0n) is 6.67. The predicted molar refractivity (Wildman–Crippen MR) is 63.1 cm³/mol. The first-order valence-corrected chi connectivity index (χ1v) is 5.97. The van der Waals surface area contributed by atoms with Gasteiger partial charge in [-0.2, -0.15) is 0 Å². The normalized spacial score (nSPS) is 10.5. The molecule has 0 spiro atoms. The third-order valence-corrected chi connectivity index (χ3v) is 3.35. The van der Waals surface area contributed by atoms with E-state index in [0.29, 0.717) is 10.0 Å². The highest BCUT2D eigenvalue weighted by Crippen LogP contribution is 2.30. The van der Waals surface area contributed by atoms with Gasteiger partial charge in [0.15, 0.2) is 3.92 Å². The van der Waals surface area contributed by atoms with E-state index in [4.69, 9.17) is 23.2 Å². The number of nitrogens with zero attached hydrogens (tertiary/aromatic N) is 2. The monoisotopic (exact) mass is 308 g/mol. The number of halogens is 3. The molecule has 2 nitrogen and oxygen atoms in total. The van der Waals surface area contributed by atoms with Crippen molar-refractivity contribution in [2.24, 2.45) is 0 Å². The molecule has 1 heterocycles. The molecule has 0 saturated heterocycles. The highest BCUT2D eigenvalue weighted by Gasteiger charge is 2.06. The van der Waals surface area contributed by atoms with Gasteiger partial charge in [-0.3, -0.25) is 0 Å². The largest absolute Gasteiger partial charge is 0.183 e. The Labute approximate surface area is 103 Å². The second kappa shape index (κ2) is 4.14. The maximum Gasteiger partial charge on any atom is 0.183 e. The molecular weight excluding hydrogens is 307 g/mol. The van der Waals surface area contributed by atoms with Crippen LogP contribution in [0, 0.1) is 0 Å². The van der Waals surface area contributed by atoms with Crippen LogP contribution in [0.15, 0.2) is 22.1 Å².